The monoisotopic (exact) mass is 265 g/mol. The molecule has 1 heteroatoms. The number of nitrogens with one attached hydrogen (secondary N) is 1. The third-order valence-corrected chi connectivity index (χ3v) is 5.91. The Bertz CT molecular complexity index is 273. The standard InChI is InChI=1S/C18H35N/c1-12(2)16-9-7-14(4)11-18(16)19-17-10-13(3)6-8-15(17)5/h12-19H,6-11H2,1-5H3. The molecular weight excluding hydrogens is 230 g/mol. The van der Waals surface area contributed by atoms with E-state index in [2.05, 4.69) is 39.9 Å². The maximum absolute atomic E-state index is 4.10. The van der Waals surface area contributed by atoms with Gasteiger partial charge in [-0.2, -0.15) is 0 Å². The van der Waals surface area contributed by atoms with Crippen LogP contribution in [-0.2, 0) is 0 Å². The van der Waals surface area contributed by atoms with E-state index in [1.165, 1.54) is 38.5 Å². The molecule has 0 amide bonds. The molecule has 0 heterocycles. The van der Waals surface area contributed by atoms with E-state index in [1.54, 1.807) is 0 Å². The Morgan fingerprint density at radius 1 is 0.789 bits per heavy atom. The Morgan fingerprint density at radius 2 is 1.37 bits per heavy atom. The van der Waals surface area contributed by atoms with Gasteiger partial charge in [-0.15, -0.1) is 0 Å². The molecule has 0 radical (unpaired) electrons. The Balaban J connectivity index is 1.97. The van der Waals surface area contributed by atoms with E-state index in [9.17, 15) is 0 Å². The predicted molar refractivity (Wildman–Crippen MR) is 84.2 cm³/mol. The summed E-state index contributed by atoms with van der Waals surface area (Å²) in [6.45, 7) is 12.2. The Morgan fingerprint density at radius 3 is 2.00 bits per heavy atom. The predicted octanol–water partition coefficient (Wildman–Crippen LogP) is 4.86. The minimum atomic E-state index is 0.778. The van der Waals surface area contributed by atoms with Crippen LogP contribution in [0.3, 0.4) is 0 Å². The first-order valence-corrected chi connectivity index (χ1v) is 8.73. The van der Waals surface area contributed by atoms with Crippen molar-refractivity contribution in [1.29, 1.82) is 0 Å². The third kappa shape index (κ3) is 3.97. The lowest BCUT2D eigenvalue weighted by atomic mass is 9.72. The second kappa shape index (κ2) is 6.61. The van der Waals surface area contributed by atoms with Crippen LogP contribution in [0.2, 0.25) is 0 Å². The molecule has 19 heavy (non-hydrogen) atoms. The van der Waals surface area contributed by atoms with E-state index in [4.69, 9.17) is 0 Å². The van der Waals surface area contributed by atoms with Gasteiger partial charge in [-0.05, 0) is 55.3 Å². The zero-order valence-corrected chi connectivity index (χ0v) is 13.8. The van der Waals surface area contributed by atoms with Gasteiger partial charge in [0.15, 0.2) is 0 Å². The van der Waals surface area contributed by atoms with Gasteiger partial charge < -0.3 is 5.32 Å². The maximum atomic E-state index is 4.10. The third-order valence-electron chi connectivity index (χ3n) is 5.91. The van der Waals surface area contributed by atoms with E-state index in [0.29, 0.717) is 0 Å². The summed E-state index contributed by atoms with van der Waals surface area (Å²) in [7, 11) is 0. The normalized spacial score (nSPS) is 44.5. The van der Waals surface area contributed by atoms with Crippen LogP contribution >= 0.6 is 0 Å². The van der Waals surface area contributed by atoms with Crippen molar-refractivity contribution in [3.63, 3.8) is 0 Å². The molecule has 2 aliphatic carbocycles. The van der Waals surface area contributed by atoms with Crippen LogP contribution in [0.25, 0.3) is 0 Å². The molecule has 0 saturated heterocycles. The van der Waals surface area contributed by atoms with Crippen molar-refractivity contribution in [3.8, 4) is 0 Å². The van der Waals surface area contributed by atoms with Crippen LogP contribution in [-0.4, -0.2) is 12.1 Å². The summed E-state index contributed by atoms with van der Waals surface area (Å²) in [6.07, 6.45) is 8.55. The van der Waals surface area contributed by atoms with Crippen LogP contribution in [0.1, 0.15) is 73.1 Å². The molecular formula is C18H35N. The molecule has 2 fully saturated rings. The van der Waals surface area contributed by atoms with Crippen molar-refractivity contribution in [2.24, 2.45) is 29.6 Å². The highest BCUT2D eigenvalue weighted by Crippen LogP contribution is 2.36. The van der Waals surface area contributed by atoms with Gasteiger partial charge in [-0.25, -0.2) is 0 Å². The van der Waals surface area contributed by atoms with E-state index in [0.717, 1.165) is 41.7 Å². The van der Waals surface area contributed by atoms with Gasteiger partial charge in [-0.3, -0.25) is 0 Å². The molecule has 0 aliphatic heterocycles. The Kier molecular flexibility index (Phi) is 5.34. The fourth-order valence-corrected chi connectivity index (χ4v) is 4.43. The van der Waals surface area contributed by atoms with E-state index in [-0.39, 0.29) is 0 Å². The average Bonchev–Trinajstić information content (AvgIpc) is 2.33. The first kappa shape index (κ1) is 15.4. The highest BCUT2D eigenvalue weighted by Gasteiger charge is 2.34. The fourth-order valence-electron chi connectivity index (χ4n) is 4.43. The summed E-state index contributed by atoms with van der Waals surface area (Å²) in [5.74, 6) is 4.46. The van der Waals surface area contributed by atoms with Gasteiger partial charge in [0, 0.05) is 12.1 Å². The number of rotatable bonds is 3. The van der Waals surface area contributed by atoms with Crippen molar-refractivity contribution >= 4 is 0 Å². The van der Waals surface area contributed by atoms with Gasteiger partial charge >= 0.3 is 0 Å². The van der Waals surface area contributed by atoms with E-state index >= 15 is 0 Å². The van der Waals surface area contributed by atoms with Crippen LogP contribution in [0.4, 0.5) is 0 Å². The molecule has 112 valence electrons. The van der Waals surface area contributed by atoms with Crippen molar-refractivity contribution in [2.45, 2.75) is 85.2 Å². The average molecular weight is 265 g/mol. The van der Waals surface area contributed by atoms with Gasteiger partial charge in [0.2, 0.25) is 0 Å². The van der Waals surface area contributed by atoms with Gasteiger partial charge in [0.05, 0.1) is 0 Å². The van der Waals surface area contributed by atoms with Crippen molar-refractivity contribution in [1.82, 2.24) is 5.32 Å². The number of hydrogen-bond donors (Lipinski definition) is 1. The minimum Gasteiger partial charge on any atom is -0.311 e. The molecule has 0 spiro atoms. The fraction of sp³-hybridized carbons (Fsp3) is 1.00. The molecule has 6 atom stereocenters. The minimum absolute atomic E-state index is 0.778. The Labute approximate surface area is 120 Å². The first-order chi connectivity index (χ1) is 8.97. The van der Waals surface area contributed by atoms with Crippen LogP contribution in [0.5, 0.6) is 0 Å². The molecule has 2 saturated carbocycles. The molecule has 0 bridgehead atoms. The van der Waals surface area contributed by atoms with Crippen LogP contribution < -0.4 is 5.32 Å². The molecule has 1 nitrogen and oxygen atoms in total. The summed E-state index contributed by atoms with van der Waals surface area (Å²) in [4.78, 5) is 0. The molecule has 0 aromatic heterocycles. The summed E-state index contributed by atoms with van der Waals surface area (Å²) in [5.41, 5.74) is 0. The molecule has 2 aliphatic rings. The van der Waals surface area contributed by atoms with Crippen molar-refractivity contribution < 1.29 is 0 Å². The molecule has 6 unspecified atom stereocenters. The SMILES string of the molecule is CC1CCC(C)C(NC2CC(C)CCC2C(C)C)C1. The lowest BCUT2D eigenvalue weighted by molar-refractivity contribution is 0.126. The summed E-state index contributed by atoms with van der Waals surface area (Å²) >= 11 is 0. The van der Waals surface area contributed by atoms with Crippen LogP contribution in [0.15, 0.2) is 0 Å². The maximum Gasteiger partial charge on any atom is 0.0103 e. The zero-order valence-electron chi connectivity index (χ0n) is 13.8. The number of hydrogen-bond acceptors (Lipinski definition) is 1. The zero-order chi connectivity index (χ0) is 14.0. The first-order valence-electron chi connectivity index (χ1n) is 8.73. The van der Waals surface area contributed by atoms with E-state index < -0.39 is 0 Å². The second-order valence-electron chi connectivity index (χ2n) is 8.10. The van der Waals surface area contributed by atoms with E-state index in [1.807, 2.05) is 0 Å². The smallest absolute Gasteiger partial charge is 0.0103 e. The molecule has 2 rings (SSSR count). The highest BCUT2D eigenvalue weighted by atomic mass is 15.0. The molecule has 1 N–H and O–H groups in total. The second-order valence-corrected chi connectivity index (χ2v) is 8.10. The highest BCUT2D eigenvalue weighted by molar-refractivity contribution is 4.90. The van der Waals surface area contributed by atoms with Gasteiger partial charge in [0.25, 0.3) is 0 Å². The topological polar surface area (TPSA) is 12.0 Å². The molecule has 0 aromatic rings. The Hall–Kier alpha value is -0.0400. The molecule has 0 aromatic carbocycles. The van der Waals surface area contributed by atoms with Crippen LogP contribution in [0, 0.1) is 29.6 Å². The summed E-state index contributed by atoms with van der Waals surface area (Å²) in [5, 5.41) is 4.10. The van der Waals surface area contributed by atoms with Gasteiger partial charge in [-0.1, -0.05) is 47.5 Å². The van der Waals surface area contributed by atoms with Gasteiger partial charge in [0.1, 0.15) is 0 Å². The lowest BCUT2D eigenvalue weighted by Gasteiger charge is -2.43. The van der Waals surface area contributed by atoms with Crippen molar-refractivity contribution in [2.75, 3.05) is 0 Å². The largest absolute Gasteiger partial charge is 0.311 e. The summed E-state index contributed by atoms with van der Waals surface area (Å²) < 4.78 is 0. The summed E-state index contributed by atoms with van der Waals surface area (Å²) in [6, 6.07) is 1.56. The van der Waals surface area contributed by atoms with Crippen molar-refractivity contribution in [3.05, 3.63) is 0 Å². The quantitative estimate of drug-likeness (QED) is 0.768. The lowest BCUT2D eigenvalue weighted by Crippen LogP contribution is -2.51.